The fraction of sp³-hybridized carbons (Fsp3) is 0.238. The molecule has 1 amide bonds. The Morgan fingerprint density at radius 1 is 1.06 bits per heavy atom. The van der Waals surface area contributed by atoms with Crippen molar-refractivity contribution in [1.29, 1.82) is 5.26 Å². The van der Waals surface area contributed by atoms with Gasteiger partial charge in [-0.15, -0.1) is 0 Å². The van der Waals surface area contributed by atoms with E-state index in [0.717, 1.165) is 0 Å². The first-order valence-corrected chi connectivity index (χ1v) is 10.8. The minimum atomic E-state index is -3.73. The number of nitrogens with zero attached hydrogens (tertiary/aromatic N) is 3. The Morgan fingerprint density at radius 3 is 2.32 bits per heavy atom. The second-order valence-electron chi connectivity index (χ2n) is 6.62. The number of para-hydroxylation sites is 1. The number of halogens is 2. The number of rotatable bonds is 6. The number of amides is 1. The normalized spacial score (nSPS) is 15.2. The topological polar surface area (TPSA) is 90.7 Å². The van der Waals surface area contributed by atoms with Gasteiger partial charge in [-0.25, -0.2) is 8.42 Å². The molecule has 1 heterocycles. The largest absolute Gasteiger partial charge is 0.434 e. The number of carbonyl (C=O) groups is 1. The van der Waals surface area contributed by atoms with Crippen molar-refractivity contribution in [2.45, 2.75) is 11.5 Å². The Labute approximate surface area is 178 Å². The Hall–Kier alpha value is -3.29. The molecule has 0 N–H and O–H groups in total. The molecule has 0 atom stereocenters. The van der Waals surface area contributed by atoms with E-state index < -0.39 is 16.6 Å². The SMILES string of the molecule is N#Cc1ccc(S(=O)(=O)N2CCN(C(=O)/C=C/c3ccccc3OC(F)F)CC2)cc1. The fourth-order valence-electron chi connectivity index (χ4n) is 3.09. The van der Waals surface area contributed by atoms with Gasteiger partial charge in [0, 0.05) is 37.8 Å². The molecule has 0 aliphatic carbocycles. The van der Waals surface area contributed by atoms with Gasteiger partial charge in [0.05, 0.1) is 16.5 Å². The molecule has 0 bridgehead atoms. The summed E-state index contributed by atoms with van der Waals surface area (Å²) in [6, 6.07) is 13.7. The van der Waals surface area contributed by atoms with Crippen molar-refractivity contribution in [3.05, 3.63) is 65.7 Å². The lowest BCUT2D eigenvalue weighted by Gasteiger charge is -2.33. The molecule has 7 nitrogen and oxygen atoms in total. The predicted molar refractivity (Wildman–Crippen MR) is 109 cm³/mol. The van der Waals surface area contributed by atoms with Crippen LogP contribution in [0.1, 0.15) is 11.1 Å². The van der Waals surface area contributed by atoms with Crippen molar-refractivity contribution in [3.8, 4) is 11.8 Å². The van der Waals surface area contributed by atoms with Crippen LogP contribution in [0.25, 0.3) is 6.08 Å². The number of hydrogen-bond donors (Lipinski definition) is 0. The van der Waals surface area contributed by atoms with E-state index in [4.69, 9.17) is 5.26 Å². The Morgan fingerprint density at radius 2 is 1.71 bits per heavy atom. The monoisotopic (exact) mass is 447 g/mol. The minimum absolute atomic E-state index is 0.0418. The molecule has 0 spiro atoms. The van der Waals surface area contributed by atoms with E-state index in [0.29, 0.717) is 11.1 Å². The first-order chi connectivity index (χ1) is 14.8. The molecule has 3 rings (SSSR count). The maximum atomic E-state index is 12.8. The van der Waals surface area contributed by atoms with E-state index in [1.807, 2.05) is 6.07 Å². The van der Waals surface area contributed by atoms with Crippen LogP contribution < -0.4 is 4.74 Å². The minimum Gasteiger partial charge on any atom is -0.434 e. The van der Waals surface area contributed by atoms with Gasteiger partial charge in [-0.3, -0.25) is 4.79 Å². The van der Waals surface area contributed by atoms with Gasteiger partial charge in [-0.2, -0.15) is 18.3 Å². The van der Waals surface area contributed by atoms with E-state index in [2.05, 4.69) is 4.74 Å². The highest BCUT2D eigenvalue weighted by Crippen LogP contribution is 2.22. The van der Waals surface area contributed by atoms with Crippen LogP contribution >= 0.6 is 0 Å². The highest BCUT2D eigenvalue weighted by atomic mass is 32.2. The van der Waals surface area contributed by atoms with Gasteiger partial charge in [-0.05, 0) is 36.4 Å². The third-order valence-electron chi connectivity index (χ3n) is 4.71. The fourth-order valence-corrected chi connectivity index (χ4v) is 4.51. The summed E-state index contributed by atoms with van der Waals surface area (Å²) in [5.41, 5.74) is 0.694. The van der Waals surface area contributed by atoms with E-state index >= 15 is 0 Å². The van der Waals surface area contributed by atoms with E-state index in [9.17, 15) is 22.0 Å². The average molecular weight is 447 g/mol. The molecule has 10 heteroatoms. The number of sulfonamides is 1. The summed E-state index contributed by atoms with van der Waals surface area (Å²) in [7, 11) is -3.73. The van der Waals surface area contributed by atoms with Gasteiger partial charge in [-0.1, -0.05) is 18.2 Å². The summed E-state index contributed by atoms with van der Waals surface area (Å²) in [5, 5.41) is 8.84. The van der Waals surface area contributed by atoms with Crippen molar-refractivity contribution >= 4 is 22.0 Å². The predicted octanol–water partition coefficient (Wildman–Crippen LogP) is 2.71. The molecule has 0 unspecified atom stereocenters. The second-order valence-corrected chi connectivity index (χ2v) is 8.55. The zero-order valence-corrected chi connectivity index (χ0v) is 17.1. The quantitative estimate of drug-likeness (QED) is 0.635. The molecule has 0 aromatic heterocycles. The maximum Gasteiger partial charge on any atom is 0.387 e. The molecule has 1 fully saturated rings. The van der Waals surface area contributed by atoms with E-state index in [-0.39, 0.29) is 42.7 Å². The second kappa shape index (κ2) is 9.68. The summed E-state index contributed by atoms with van der Waals surface area (Å²) in [4.78, 5) is 14.0. The van der Waals surface area contributed by atoms with Crippen LogP contribution in [-0.2, 0) is 14.8 Å². The smallest absolute Gasteiger partial charge is 0.387 e. The van der Waals surface area contributed by atoms with Crippen LogP contribution in [0.4, 0.5) is 8.78 Å². The van der Waals surface area contributed by atoms with Gasteiger partial charge in [0.25, 0.3) is 0 Å². The summed E-state index contributed by atoms with van der Waals surface area (Å²) in [5.74, 6) is -0.401. The van der Waals surface area contributed by atoms with Gasteiger partial charge in [0.15, 0.2) is 0 Å². The van der Waals surface area contributed by atoms with Crippen molar-refractivity contribution in [2.24, 2.45) is 0 Å². The third kappa shape index (κ3) is 5.45. The van der Waals surface area contributed by atoms with Gasteiger partial charge in [0.2, 0.25) is 15.9 Å². The molecular weight excluding hydrogens is 428 g/mol. The van der Waals surface area contributed by atoms with Crippen LogP contribution in [0.5, 0.6) is 5.75 Å². The molecule has 31 heavy (non-hydrogen) atoms. The van der Waals surface area contributed by atoms with Crippen LogP contribution in [0.2, 0.25) is 0 Å². The van der Waals surface area contributed by atoms with Crippen LogP contribution in [0.15, 0.2) is 59.5 Å². The molecule has 1 aliphatic heterocycles. The lowest BCUT2D eigenvalue weighted by atomic mass is 10.2. The van der Waals surface area contributed by atoms with Crippen molar-refractivity contribution in [2.75, 3.05) is 26.2 Å². The molecule has 0 radical (unpaired) electrons. The van der Waals surface area contributed by atoms with Gasteiger partial charge in [0.1, 0.15) is 5.75 Å². The molecular formula is C21H19F2N3O4S. The first kappa shape index (κ1) is 22.4. The lowest BCUT2D eigenvalue weighted by molar-refractivity contribution is -0.127. The lowest BCUT2D eigenvalue weighted by Crippen LogP contribution is -2.50. The highest BCUT2D eigenvalue weighted by Gasteiger charge is 2.29. The third-order valence-corrected chi connectivity index (χ3v) is 6.62. The van der Waals surface area contributed by atoms with Gasteiger partial charge >= 0.3 is 6.61 Å². The molecule has 1 aliphatic rings. The van der Waals surface area contributed by atoms with Crippen LogP contribution in [0, 0.1) is 11.3 Å². The Bertz CT molecular complexity index is 1100. The number of alkyl halides is 2. The summed E-state index contributed by atoms with van der Waals surface area (Å²) < 4.78 is 56.2. The molecule has 2 aromatic carbocycles. The molecule has 0 saturated carbocycles. The zero-order chi connectivity index (χ0) is 22.4. The Balaban J connectivity index is 1.62. The number of benzene rings is 2. The molecule has 162 valence electrons. The maximum absolute atomic E-state index is 12.8. The average Bonchev–Trinajstić information content (AvgIpc) is 2.78. The Kier molecular flexibility index (Phi) is 6.99. The van der Waals surface area contributed by atoms with E-state index in [1.165, 1.54) is 51.7 Å². The summed E-state index contributed by atoms with van der Waals surface area (Å²) >= 11 is 0. The van der Waals surface area contributed by atoms with Crippen LogP contribution in [0.3, 0.4) is 0 Å². The number of carbonyl (C=O) groups excluding carboxylic acids is 1. The molecule has 2 aromatic rings. The first-order valence-electron chi connectivity index (χ1n) is 9.32. The van der Waals surface area contributed by atoms with Crippen molar-refractivity contribution < 1.29 is 26.7 Å². The number of piperazine rings is 1. The van der Waals surface area contributed by atoms with Crippen LogP contribution in [-0.4, -0.2) is 56.3 Å². The van der Waals surface area contributed by atoms with Crippen molar-refractivity contribution in [3.63, 3.8) is 0 Å². The van der Waals surface area contributed by atoms with E-state index in [1.54, 1.807) is 18.2 Å². The summed E-state index contributed by atoms with van der Waals surface area (Å²) in [6.07, 6.45) is 2.64. The zero-order valence-electron chi connectivity index (χ0n) is 16.3. The number of ether oxygens (including phenoxy) is 1. The molecule has 1 saturated heterocycles. The highest BCUT2D eigenvalue weighted by molar-refractivity contribution is 7.89. The summed E-state index contributed by atoms with van der Waals surface area (Å²) in [6.45, 7) is -2.36. The van der Waals surface area contributed by atoms with Gasteiger partial charge < -0.3 is 9.64 Å². The standard InChI is InChI=1S/C21H19F2N3O4S/c22-21(23)30-19-4-2-1-3-17(19)7-10-20(27)25-11-13-26(14-12-25)31(28,29)18-8-5-16(15-24)6-9-18/h1-10,21H,11-14H2/b10-7+. The number of nitriles is 1. The van der Waals surface area contributed by atoms with Crippen molar-refractivity contribution in [1.82, 2.24) is 9.21 Å². The number of hydrogen-bond acceptors (Lipinski definition) is 5.